The third-order valence-corrected chi connectivity index (χ3v) is 3.71. The number of hydrogen-bond donors (Lipinski definition) is 5. The summed E-state index contributed by atoms with van der Waals surface area (Å²) in [6.45, 7) is 1.15. The van der Waals surface area contributed by atoms with E-state index >= 15 is 0 Å². The number of aromatic amines is 2. The maximum Gasteiger partial charge on any atom is 0.327 e. The molecule has 2 aromatic rings. The fourth-order valence-electron chi connectivity index (χ4n) is 2.69. The van der Waals surface area contributed by atoms with Crippen molar-refractivity contribution in [2.45, 2.75) is 31.1 Å². The molecule has 11 heteroatoms. The highest BCUT2D eigenvalue weighted by molar-refractivity contribution is 5.69. The molecule has 0 bridgehead atoms. The molecular formula is C12H16N4O7. The van der Waals surface area contributed by atoms with Gasteiger partial charge in [0.05, 0.1) is 6.61 Å². The van der Waals surface area contributed by atoms with Crippen LogP contribution in [0.1, 0.15) is 6.92 Å². The van der Waals surface area contributed by atoms with Crippen LogP contribution in [-0.2, 0) is 15.4 Å². The van der Waals surface area contributed by atoms with E-state index in [1.54, 1.807) is 6.92 Å². The van der Waals surface area contributed by atoms with E-state index in [4.69, 9.17) is 9.47 Å². The van der Waals surface area contributed by atoms with E-state index in [1.807, 2.05) is 4.98 Å². The van der Waals surface area contributed by atoms with Crippen molar-refractivity contribution in [3.63, 3.8) is 0 Å². The molecular weight excluding hydrogens is 312 g/mol. The Kier molecular flexibility index (Phi) is 3.82. The molecule has 3 heterocycles. The Morgan fingerprint density at radius 3 is 2.78 bits per heavy atom. The summed E-state index contributed by atoms with van der Waals surface area (Å²) in [6.07, 6.45) is -2.98. The number of hydrogen-bond acceptors (Lipinski definition) is 8. The molecule has 3 rings (SSSR count). The highest BCUT2D eigenvalue weighted by Gasteiger charge is 2.57. The third kappa shape index (κ3) is 2.21. The van der Waals surface area contributed by atoms with E-state index in [9.17, 15) is 24.9 Å². The van der Waals surface area contributed by atoms with Gasteiger partial charge in [-0.2, -0.15) is 0 Å². The summed E-state index contributed by atoms with van der Waals surface area (Å²) in [4.78, 5) is 31.6. The Morgan fingerprint density at radius 2 is 2.17 bits per heavy atom. The molecule has 1 aliphatic heterocycles. The summed E-state index contributed by atoms with van der Waals surface area (Å²) >= 11 is 0. The molecule has 1 saturated heterocycles. The molecule has 0 saturated carbocycles. The summed E-state index contributed by atoms with van der Waals surface area (Å²) in [5.74, 6) is -1.94. The van der Waals surface area contributed by atoms with E-state index < -0.39 is 42.1 Å². The number of fused-ring (bicyclic) bond motifs is 1. The van der Waals surface area contributed by atoms with Crippen LogP contribution in [0.3, 0.4) is 0 Å². The zero-order valence-electron chi connectivity index (χ0n) is 12.1. The SMILES string of the molecule is CCO[C@@]1(n2cnc3c(=O)[nH]c(=O)[nH]c32)O[C@H](CO)[C@@H](O)[C@H]1O. The van der Waals surface area contributed by atoms with Crippen molar-refractivity contribution < 1.29 is 24.8 Å². The predicted octanol–water partition coefficient (Wildman–Crippen LogP) is -2.83. The lowest BCUT2D eigenvalue weighted by molar-refractivity contribution is -0.312. The predicted molar refractivity (Wildman–Crippen MR) is 74.5 cm³/mol. The highest BCUT2D eigenvalue weighted by Crippen LogP contribution is 2.37. The minimum absolute atomic E-state index is 0.0444. The minimum atomic E-state index is -1.94. The van der Waals surface area contributed by atoms with Gasteiger partial charge in [0.1, 0.15) is 18.5 Å². The lowest BCUT2D eigenvalue weighted by atomic mass is 10.1. The van der Waals surface area contributed by atoms with Crippen LogP contribution in [0.5, 0.6) is 0 Å². The Balaban J connectivity index is 2.24. The third-order valence-electron chi connectivity index (χ3n) is 3.71. The van der Waals surface area contributed by atoms with E-state index in [-0.39, 0.29) is 17.8 Å². The molecule has 4 atom stereocenters. The second kappa shape index (κ2) is 5.54. The maximum absolute atomic E-state index is 11.8. The average molecular weight is 328 g/mol. The van der Waals surface area contributed by atoms with Crippen molar-refractivity contribution in [1.82, 2.24) is 19.5 Å². The number of H-pyrrole nitrogens is 2. The molecule has 0 spiro atoms. The quantitative estimate of drug-likeness (QED) is 0.401. The number of aliphatic hydroxyl groups excluding tert-OH is 3. The van der Waals surface area contributed by atoms with Crippen LogP contribution >= 0.6 is 0 Å². The first-order chi connectivity index (χ1) is 10.9. The number of aromatic nitrogens is 4. The normalized spacial score (nSPS) is 31.0. The Hall–Kier alpha value is -2.05. The van der Waals surface area contributed by atoms with Crippen LogP contribution in [-0.4, -0.2) is 66.4 Å². The fourth-order valence-corrected chi connectivity index (χ4v) is 2.69. The lowest BCUT2D eigenvalue weighted by Crippen LogP contribution is -2.48. The molecule has 0 aromatic carbocycles. The van der Waals surface area contributed by atoms with E-state index in [2.05, 4.69) is 9.97 Å². The van der Waals surface area contributed by atoms with Gasteiger partial charge in [0.25, 0.3) is 11.5 Å². The lowest BCUT2D eigenvalue weighted by Gasteiger charge is -2.32. The van der Waals surface area contributed by atoms with Crippen LogP contribution < -0.4 is 11.2 Å². The van der Waals surface area contributed by atoms with Crippen LogP contribution in [0.25, 0.3) is 11.2 Å². The standard InChI is InChI=1S/C12H16N4O7/c1-2-22-12(8(19)7(18)5(3-17)23-12)16-4-13-6-9(16)14-11(21)15-10(6)20/h4-5,7-8,17-19H,2-3H2,1H3,(H2,14,15,20,21)/t5-,7-,8-,12-/m1/s1. The van der Waals surface area contributed by atoms with Crippen LogP contribution in [0.2, 0.25) is 0 Å². The van der Waals surface area contributed by atoms with Gasteiger partial charge in [-0.25, -0.2) is 9.78 Å². The smallest absolute Gasteiger partial charge is 0.327 e. The molecule has 0 radical (unpaired) electrons. The molecule has 0 amide bonds. The maximum atomic E-state index is 11.8. The molecule has 23 heavy (non-hydrogen) atoms. The zero-order valence-corrected chi connectivity index (χ0v) is 12.1. The monoisotopic (exact) mass is 328 g/mol. The fraction of sp³-hybridized carbons (Fsp3) is 0.583. The van der Waals surface area contributed by atoms with Gasteiger partial charge in [0.15, 0.2) is 17.3 Å². The highest BCUT2D eigenvalue weighted by atomic mass is 16.7. The largest absolute Gasteiger partial charge is 0.394 e. The summed E-state index contributed by atoms with van der Waals surface area (Å²) < 4.78 is 12.1. The van der Waals surface area contributed by atoms with Crippen molar-refractivity contribution in [2.24, 2.45) is 0 Å². The molecule has 2 aromatic heterocycles. The van der Waals surface area contributed by atoms with Gasteiger partial charge >= 0.3 is 5.69 Å². The van der Waals surface area contributed by atoms with Crippen molar-refractivity contribution in [2.75, 3.05) is 13.2 Å². The van der Waals surface area contributed by atoms with Gasteiger partial charge in [-0.15, -0.1) is 0 Å². The Bertz CT molecular complexity index is 827. The van der Waals surface area contributed by atoms with E-state index in [1.165, 1.54) is 0 Å². The van der Waals surface area contributed by atoms with Crippen LogP contribution in [0.4, 0.5) is 0 Å². The van der Waals surface area contributed by atoms with Crippen molar-refractivity contribution in [3.8, 4) is 0 Å². The minimum Gasteiger partial charge on any atom is -0.394 e. The number of aliphatic hydroxyl groups is 3. The first kappa shape index (κ1) is 15.8. The second-order valence-corrected chi connectivity index (χ2v) is 5.06. The first-order valence-corrected chi connectivity index (χ1v) is 6.93. The first-order valence-electron chi connectivity index (χ1n) is 6.93. The van der Waals surface area contributed by atoms with Gasteiger partial charge in [-0.05, 0) is 6.92 Å². The number of ether oxygens (including phenoxy) is 2. The second-order valence-electron chi connectivity index (χ2n) is 5.06. The molecule has 1 fully saturated rings. The topological polar surface area (TPSA) is 163 Å². The molecule has 11 nitrogen and oxygen atoms in total. The molecule has 5 N–H and O–H groups in total. The molecule has 126 valence electrons. The van der Waals surface area contributed by atoms with Crippen molar-refractivity contribution in [1.29, 1.82) is 0 Å². The van der Waals surface area contributed by atoms with Crippen LogP contribution in [0, 0.1) is 0 Å². The Labute approximate surface area is 128 Å². The Morgan fingerprint density at radius 1 is 1.43 bits per heavy atom. The number of rotatable bonds is 4. The number of imidazole rings is 1. The van der Waals surface area contributed by atoms with Crippen LogP contribution in [0.15, 0.2) is 15.9 Å². The number of nitrogens with zero attached hydrogens (tertiary/aromatic N) is 2. The summed E-state index contributed by atoms with van der Waals surface area (Å²) in [5, 5.41) is 29.6. The molecule has 0 unspecified atom stereocenters. The van der Waals surface area contributed by atoms with Gasteiger partial charge in [0.2, 0.25) is 0 Å². The average Bonchev–Trinajstić information content (AvgIpc) is 3.03. The van der Waals surface area contributed by atoms with Gasteiger partial charge in [-0.1, -0.05) is 0 Å². The summed E-state index contributed by atoms with van der Waals surface area (Å²) in [6, 6.07) is 0. The van der Waals surface area contributed by atoms with Gasteiger partial charge in [0, 0.05) is 6.61 Å². The van der Waals surface area contributed by atoms with Crippen molar-refractivity contribution in [3.05, 3.63) is 27.2 Å². The van der Waals surface area contributed by atoms with Crippen molar-refractivity contribution >= 4 is 11.2 Å². The van der Waals surface area contributed by atoms with E-state index in [0.717, 1.165) is 10.9 Å². The van der Waals surface area contributed by atoms with E-state index in [0.29, 0.717) is 0 Å². The number of nitrogens with one attached hydrogen (secondary N) is 2. The van der Waals surface area contributed by atoms with Gasteiger partial charge < -0.3 is 24.8 Å². The van der Waals surface area contributed by atoms with Gasteiger partial charge in [-0.3, -0.25) is 19.3 Å². The molecule has 0 aliphatic carbocycles. The zero-order chi connectivity index (χ0) is 16.8. The summed E-state index contributed by atoms with van der Waals surface area (Å²) in [7, 11) is 0. The summed E-state index contributed by atoms with van der Waals surface area (Å²) in [5.41, 5.74) is -1.64. The molecule has 1 aliphatic rings.